The average Bonchev–Trinajstić information content (AvgIpc) is 2.33. The third kappa shape index (κ3) is 44.9. The van der Waals surface area contributed by atoms with Gasteiger partial charge in [0, 0.05) is 44.9 Å². The summed E-state index contributed by atoms with van der Waals surface area (Å²) < 4.78 is 0. The van der Waals surface area contributed by atoms with E-state index in [1.54, 1.807) is 0 Å². The standard InChI is InChI=1S/2C6H7O3.4CH4.Y/c2*1-2-5(7)3-4-6(8)9;;;;;/h2*3-4H,1-2H2,(H,8,9);4*1H4;/q2*-1;;;;;/b2*4-3-;;;;;. The van der Waals surface area contributed by atoms with Crippen molar-refractivity contribution in [2.75, 3.05) is 0 Å². The summed E-state index contributed by atoms with van der Waals surface area (Å²) in [5, 5.41) is 16.0. The van der Waals surface area contributed by atoms with Gasteiger partial charge in [-0.05, 0) is 12.2 Å². The SMILES string of the molecule is C.C.C.C.[CH2-]CC(=O)/C=C\C(=O)O.[CH2-]CC(=O)/C=C\C(=O)O.[Y]. The Bertz CT molecular complexity index is 337. The summed E-state index contributed by atoms with van der Waals surface area (Å²) >= 11 is 0. The van der Waals surface area contributed by atoms with E-state index in [0.717, 1.165) is 24.3 Å². The van der Waals surface area contributed by atoms with Gasteiger partial charge in [-0.15, -0.1) is 12.8 Å². The molecule has 0 rings (SSSR count). The number of carboxylic acids is 2. The molecule has 7 heteroatoms. The van der Waals surface area contributed by atoms with Gasteiger partial charge in [0.2, 0.25) is 0 Å². The maximum absolute atomic E-state index is 10.3. The van der Waals surface area contributed by atoms with Gasteiger partial charge in [0.15, 0.2) is 0 Å². The van der Waals surface area contributed by atoms with Crippen molar-refractivity contribution < 1.29 is 62.1 Å². The molecule has 0 aliphatic heterocycles. The first-order valence-electron chi connectivity index (χ1n) is 4.79. The predicted octanol–water partition coefficient (Wildman–Crippen LogP) is 3.38. The fraction of sp³-hybridized carbons (Fsp3) is 0.375. The number of carbonyl (C=O) groups excluding carboxylic acids is 2. The number of allylic oxidation sites excluding steroid dienone is 2. The normalized spacial score (nSPS) is 7.74. The van der Waals surface area contributed by atoms with Gasteiger partial charge in [-0.25, -0.2) is 9.59 Å². The zero-order valence-corrected chi connectivity index (χ0v) is 13.1. The first-order chi connectivity index (χ1) is 8.33. The van der Waals surface area contributed by atoms with Crippen molar-refractivity contribution in [1.29, 1.82) is 0 Å². The molecule has 0 spiro atoms. The summed E-state index contributed by atoms with van der Waals surface area (Å²) in [6.07, 6.45) is 3.79. The van der Waals surface area contributed by atoms with Crippen LogP contribution in [0.4, 0.5) is 0 Å². The van der Waals surface area contributed by atoms with Crippen LogP contribution in [0.25, 0.3) is 0 Å². The van der Waals surface area contributed by atoms with E-state index in [1.807, 2.05) is 0 Å². The van der Waals surface area contributed by atoms with Crippen molar-refractivity contribution in [2.24, 2.45) is 0 Å². The zero-order chi connectivity index (χ0) is 14.6. The van der Waals surface area contributed by atoms with Crippen LogP contribution in [0.1, 0.15) is 42.5 Å². The Morgan fingerprint density at radius 1 is 0.652 bits per heavy atom. The maximum Gasteiger partial charge on any atom is 0.328 e. The van der Waals surface area contributed by atoms with Crippen molar-refractivity contribution in [2.45, 2.75) is 42.5 Å². The maximum atomic E-state index is 10.3. The van der Waals surface area contributed by atoms with Gasteiger partial charge in [-0.2, -0.15) is 0 Å². The predicted molar refractivity (Wildman–Crippen MR) is 90.4 cm³/mol. The molecule has 0 saturated carbocycles. The van der Waals surface area contributed by atoms with Crippen LogP contribution in [0.5, 0.6) is 0 Å². The number of ketones is 2. The molecule has 0 aromatic carbocycles. The van der Waals surface area contributed by atoms with Crippen LogP contribution in [0.2, 0.25) is 0 Å². The van der Waals surface area contributed by atoms with E-state index >= 15 is 0 Å². The number of carboxylic acid groups (broad SMARTS) is 2. The Labute approximate surface area is 165 Å². The quantitative estimate of drug-likeness (QED) is 0.516. The molecular weight excluding hydrogens is 377 g/mol. The smallest absolute Gasteiger partial charge is 0.328 e. The molecule has 0 atom stereocenters. The molecule has 0 aliphatic rings. The van der Waals surface area contributed by atoms with Crippen molar-refractivity contribution in [3.05, 3.63) is 38.2 Å². The van der Waals surface area contributed by atoms with Gasteiger partial charge in [-0.1, -0.05) is 29.7 Å². The summed E-state index contributed by atoms with van der Waals surface area (Å²) in [5.74, 6) is -2.79. The fourth-order valence-electron chi connectivity index (χ4n) is 0.495. The Hall–Kier alpha value is -1.14. The van der Waals surface area contributed by atoms with Crippen LogP contribution in [0.15, 0.2) is 24.3 Å². The van der Waals surface area contributed by atoms with Gasteiger partial charge in [0.25, 0.3) is 0 Å². The second-order valence-electron chi connectivity index (χ2n) is 2.78. The van der Waals surface area contributed by atoms with Crippen LogP contribution in [-0.2, 0) is 51.9 Å². The molecule has 1 radical (unpaired) electrons. The van der Waals surface area contributed by atoms with Gasteiger partial charge >= 0.3 is 11.9 Å². The minimum atomic E-state index is -1.11. The zero-order valence-electron chi connectivity index (χ0n) is 10.2. The Kier molecular flexibility index (Phi) is 54.2. The van der Waals surface area contributed by atoms with Crippen LogP contribution >= 0.6 is 0 Å². The minimum Gasteiger partial charge on any atom is -0.478 e. The van der Waals surface area contributed by atoms with E-state index in [4.69, 9.17) is 10.2 Å². The number of rotatable bonds is 6. The molecule has 0 heterocycles. The van der Waals surface area contributed by atoms with Crippen molar-refractivity contribution in [3.8, 4) is 0 Å². The molecule has 0 aromatic rings. The largest absolute Gasteiger partial charge is 0.478 e. The second kappa shape index (κ2) is 28.9. The van der Waals surface area contributed by atoms with Crippen LogP contribution in [-0.4, -0.2) is 33.7 Å². The average molecular weight is 407 g/mol. The Morgan fingerprint density at radius 2 is 0.870 bits per heavy atom. The van der Waals surface area contributed by atoms with Crippen molar-refractivity contribution in [3.63, 3.8) is 0 Å². The topological polar surface area (TPSA) is 109 Å². The molecule has 0 amide bonds. The number of carbonyl (C=O) groups is 4. The number of aliphatic carboxylic acids is 2. The van der Waals surface area contributed by atoms with Crippen LogP contribution < -0.4 is 0 Å². The number of hydrogen-bond acceptors (Lipinski definition) is 4. The molecule has 0 unspecified atom stereocenters. The molecule has 0 bridgehead atoms. The molecule has 6 nitrogen and oxygen atoms in total. The summed E-state index contributed by atoms with van der Waals surface area (Å²) in [7, 11) is 0. The van der Waals surface area contributed by atoms with Crippen molar-refractivity contribution >= 4 is 23.5 Å². The molecule has 0 aliphatic carbocycles. The van der Waals surface area contributed by atoms with Gasteiger partial charge < -0.3 is 24.1 Å². The monoisotopic (exact) mass is 407 g/mol. The molecule has 0 saturated heterocycles. The molecular formula is C16H30O6Y-2. The fourth-order valence-corrected chi connectivity index (χ4v) is 0.495. The van der Waals surface area contributed by atoms with E-state index in [9.17, 15) is 19.2 Å². The summed E-state index contributed by atoms with van der Waals surface area (Å²) in [5.41, 5.74) is 0. The Balaban J connectivity index is -0.0000000366. The second-order valence-corrected chi connectivity index (χ2v) is 2.78. The minimum absolute atomic E-state index is 0. The Morgan fingerprint density at radius 3 is 1.00 bits per heavy atom. The van der Waals surface area contributed by atoms with Crippen LogP contribution in [0.3, 0.4) is 0 Å². The van der Waals surface area contributed by atoms with E-state index in [2.05, 4.69) is 13.8 Å². The first-order valence-corrected chi connectivity index (χ1v) is 4.79. The summed E-state index contributed by atoms with van der Waals surface area (Å²) in [4.78, 5) is 40.1. The molecule has 135 valence electrons. The van der Waals surface area contributed by atoms with Gasteiger partial charge in [-0.3, -0.25) is 9.59 Å². The van der Waals surface area contributed by atoms with E-state index in [1.165, 1.54) is 0 Å². The van der Waals surface area contributed by atoms with Gasteiger partial charge in [0.1, 0.15) is 11.6 Å². The molecule has 23 heavy (non-hydrogen) atoms. The third-order valence-corrected chi connectivity index (χ3v) is 1.32. The number of hydrogen-bond donors (Lipinski definition) is 2. The first kappa shape index (κ1) is 43.1. The third-order valence-electron chi connectivity index (χ3n) is 1.32. The van der Waals surface area contributed by atoms with Gasteiger partial charge in [0.05, 0.1) is 0 Å². The summed E-state index contributed by atoms with van der Waals surface area (Å²) in [6.45, 7) is 6.54. The van der Waals surface area contributed by atoms with Crippen LogP contribution in [0, 0.1) is 13.8 Å². The molecule has 2 N–H and O–H groups in total. The van der Waals surface area contributed by atoms with E-state index < -0.39 is 11.9 Å². The van der Waals surface area contributed by atoms with E-state index in [0.29, 0.717) is 0 Å². The molecule has 0 aromatic heterocycles. The van der Waals surface area contributed by atoms with Crippen molar-refractivity contribution in [1.82, 2.24) is 0 Å². The molecule has 0 fully saturated rings. The summed E-state index contributed by atoms with van der Waals surface area (Å²) in [6, 6.07) is 0. The van der Waals surface area contributed by atoms with E-state index in [-0.39, 0.29) is 86.8 Å².